The summed E-state index contributed by atoms with van der Waals surface area (Å²) in [5.74, 6) is 0.551. The second-order valence-electron chi connectivity index (χ2n) is 9.36. The molecule has 0 N–H and O–H groups in total. The van der Waals surface area contributed by atoms with Gasteiger partial charge in [0, 0.05) is 28.7 Å². The van der Waals surface area contributed by atoms with Crippen molar-refractivity contribution < 1.29 is 42.4 Å². The minimum atomic E-state index is -0.782. The molecular weight excluding hydrogens is 532 g/mol. The molecule has 3 heterocycles. The topological polar surface area (TPSA) is 120 Å². The van der Waals surface area contributed by atoms with Crippen LogP contribution in [0.2, 0.25) is 0 Å². The van der Waals surface area contributed by atoms with Gasteiger partial charge in [-0.2, -0.15) is 0 Å². The average Bonchev–Trinajstić information content (AvgIpc) is 3.31. The molecule has 1 aromatic heterocycles. The number of hydrogen-bond donors (Lipinski definition) is 0. The predicted octanol–water partition coefficient (Wildman–Crippen LogP) is 4.88. The maximum absolute atomic E-state index is 13.6. The maximum Gasteiger partial charge on any atom is 0.312 e. The van der Waals surface area contributed by atoms with Crippen molar-refractivity contribution in [2.75, 3.05) is 28.4 Å². The number of Topliss-reactive ketones (excluding diaryl/α,β-unsaturated/α-hetero) is 1. The number of benzene rings is 3. The van der Waals surface area contributed by atoms with Crippen LogP contribution in [0.1, 0.15) is 39.4 Å². The van der Waals surface area contributed by atoms with E-state index >= 15 is 0 Å². The van der Waals surface area contributed by atoms with Gasteiger partial charge in [-0.05, 0) is 42.5 Å². The Morgan fingerprint density at radius 3 is 2.32 bits per heavy atom. The van der Waals surface area contributed by atoms with E-state index in [-0.39, 0.29) is 46.0 Å². The number of esters is 1. The maximum atomic E-state index is 13.6. The van der Waals surface area contributed by atoms with Gasteiger partial charge in [0.2, 0.25) is 5.78 Å². The van der Waals surface area contributed by atoms with Crippen molar-refractivity contribution in [2.24, 2.45) is 0 Å². The van der Waals surface area contributed by atoms with E-state index in [9.17, 15) is 14.4 Å². The Morgan fingerprint density at radius 1 is 0.829 bits per heavy atom. The molecule has 0 aliphatic carbocycles. The molecule has 10 heteroatoms. The highest BCUT2D eigenvalue weighted by Crippen LogP contribution is 2.49. The van der Waals surface area contributed by atoms with Crippen molar-refractivity contribution >= 4 is 28.8 Å². The fourth-order valence-electron chi connectivity index (χ4n) is 5.17. The van der Waals surface area contributed by atoms with E-state index in [0.717, 1.165) is 0 Å². The number of carbonyl (C=O) groups is 2. The summed E-state index contributed by atoms with van der Waals surface area (Å²) < 4.78 is 38.9. The van der Waals surface area contributed by atoms with E-state index in [4.69, 9.17) is 32.8 Å². The summed E-state index contributed by atoms with van der Waals surface area (Å²) in [6.45, 7) is 0. The lowest BCUT2D eigenvalue weighted by atomic mass is 9.85. The molecule has 0 bridgehead atoms. The highest BCUT2D eigenvalue weighted by atomic mass is 16.5. The standard InChI is InChI=1S/C31H24O10/c1-35-16-5-7-21-19(11-16)29(33)20(14-39-21)18-12-27(32)40-22-8-6-17-30(34)26(41-31(17)28(18)22)10-15-9-24(37-3)25(38-4)13-23(15)36-2/h5-11,13-14,18H,12H2,1-4H3/b26-10-/t18-/m0/s1. The van der Waals surface area contributed by atoms with E-state index in [1.165, 1.54) is 52.9 Å². The van der Waals surface area contributed by atoms with Crippen molar-refractivity contribution in [3.8, 4) is 34.5 Å². The van der Waals surface area contributed by atoms with Gasteiger partial charge < -0.3 is 32.8 Å². The first-order valence-corrected chi connectivity index (χ1v) is 12.6. The molecular formula is C31H24O10. The molecule has 0 unspecified atom stereocenters. The summed E-state index contributed by atoms with van der Waals surface area (Å²) in [6.07, 6.45) is 2.73. The van der Waals surface area contributed by atoms with Crippen LogP contribution in [0.4, 0.5) is 0 Å². The van der Waals surface area contributed by atoms with Crippen LogP contribution in [-0.4, -0.2) is 40.2 Å². The molecule has 4 aromatic rings. The van der Waals surface area contributed by atoms with Gasteiger partial charge in [-0.1, -0.05) is 0 Å². The summed E-state index contributed by atoms with van der Waals surface area (Å²) in [5.41, 5.74) is 1.46. The molecule has 0 saturated heterocycles. The van der Waals surface area contributed by atoms with E-state index < -0.39 is 11.9 Å². The quantitative estimate of drug-likeness (QED) is 0.185. The number of methoxy groups -OCH3 is 4. The third kappa shape index (κ3) is 4.24. The fourth-order valence-corrected chi connectivity index (χ4v) is 5.17. The lowest BCUT2D eigenvalue weighted by molar-refractivity contribution is -0.135. The van der Waals surface area contributed by atoms with Gasteiger partial charge in [0.1, 0.15) is 28.6 Å². The van der Waals surface area contributed by atoms with E-state index in [0.29, 0.717) is 45.1 Å². The van der Waals surface area contributed by atoms with Crippen LogP contribution in [0.25, 0.3) is 17.0 Å². The molecule has 0 saturated carbocycles. The van der Waals surface area contributed by atoms with Gasteiger partial charge in [0.25, 0.3) is 0 Å². The third-order valence-electron chi connectivity index (χ3n) is 7.18. The van der Waals surface area contributed by atoms with Crippen molar-refractivity contribution in [3.05, 3.63) is 87.0 Å². The number of carbonyl (C=O) groups excluding carboxylic acids is 2. The Hall–Kier alpha value is -5.25. The molecule has 6 rings (SSSR count). The first-order chi connectivity index (χ1) is 19.9. The molecule has 41 heavy (non-hydrogen) atoms. The minimum absolute atomic E-state index is 0.0184. The Kier molecular flexibility index (Phi) is 6.37. The number of ketones is 1. The lowest BCUT2D eigenvalue weighted by Gasteiger charge is -2.25. The molecule has 0 amide bonds. The smallest absolute Gasteiger partial charge is 0.312 e. The van der Waals surface area contributed by atoms with Crippen molar-refractivity contribution in [1.29, 1.82) is 0 Å². The minimum Gasteiger partial charge on any atom is -0.497 e. The van der Waals surface area contributed by atoms with Gasteiger partial charge in [-0.3, -0.25) is 14.4 Å². The summed E-state index contributed by atoms with van der Waals surface area (Å²) in [7, 11) is 6.01. The van der Waals surface area contributed by atoms with Gasteiger partial charge in [0.15, 0.2) is 22.7 Å². The summed E-state index contributed by atoms with van der Waals surface area (Å²) in [6, 6.07) is 11.3. The number of allylic oxidation sites excluding steroid dienone is 1. The van der Waals surface area contributed by atoms with Crippen LogP contribution < -0.4 is 33.8 Å². The summed E-state index contributed by atoms with van der Waals surface area (Å²) >= 11 is 0. The SMILES string of the molecule is COc1ccc2occ([C@@H]3CC(=O)Oc4ccc5c(c43)O/C(=C\c3cc(OC)c(OC)cc3OC)C5=O)c(=O)c2c1. The first kappa shape index (κ1) is 26.0. The van der Waals surface area contributed by atoms with Gasteiger partial charge in [-0.15, -0.1) is 0 Å². The summed E-state index contributed by atoms with van der Waals surface area (Å²) in [5, 5.41) is 0.299. The number of fused-ring (bicyclic) bond motifs is 4. The van der Waals surface area contributed by atoms with Crippen molar-refractivity contribution in [1.82, 2.24) is 0 Å². The number of ether oxygens (including phenoxy) is 6. The average molecular weight is 557 g/mol. The number of rotatable bonds is 6. The molecule has 0 radical (unpaired) electrons. The fraction of sp³-hybridized carbons (Fsp3) is 0.194. The molecule has 0 spiro atoms. The Bertz CT molecular complexity index is 1830. The molecule has 2 aliphatic heterocycles. The van der Waals surface area contributed by atoms with E-state index in [1.807, 2.05) is 0 Å². The monoisotopic (exact) mass is 556 g/mol. The molecule has 3 aromatic carbocycles. The molecule has 10 nitrogen and oxygen atoms in total. The van der Waals surface area contributed by atoms with E-state index in [2.05, 4.69) is 0 Å². The first-order valence-electron chi connectivity index (χ1n) is 12.6. The van der Waals surface area contributed by atoms with Crippen molar-refractivity contribution in [2.45, 2.75) is 12.3 Å². The Balaban J connectivity index is 1.48. The normalized spacial score (nSPS) is 16.6. The van der Waals surface area contributed by atoms with Gasteiger partial charge >= 0.3 is 5.97 Å². The highest BCUT2D eigenvalue weighted by molar-refractivity contribution is 6.15. The Morgan fingerprint density at radius 2 is 1.59 bits per heavy atom. The highest BCUT2D eigenvalue weighted by Gasteiger charge is 2.40. The van der Waals surface area contributed by atoms with Gasteiger partial charge in [0.05, 0.1) is 52.1 Å². The Labute approximate surface area is 233 Å². The number of hydrogen-bond acceptors (Lipinski definition) is 10. The largest absolute Gasteiger partial charge is 0.497 e. The summed E-state index contributed by atoms with van der Waals surface area (Å²) in [4.78, 5) is 39.7. The molecule has 0 fully saturated rings. The molecule has 208 valence electrons. The van der Waals surface area contributed by atoms with Crippen molar-refractivity contribution in [3.63, 3.8) is 0 Å². The second-order valence-corrected chi connectivity index (χ2v) is 9.36. The molecule has 2 aliphatic rings. The van der Waals surface area contributed by atoms with Crippen LogP contribution in [0, 0.1) is 0 Å². The zero-order valence-corrected chi connectivity index (χ0v) is 22.6. The lowest BCUT2D eigenvalue weighted by Crippen LogP contribution is -2.25. The second kappa shape index (κ2) is 10.1. The van der Waals surface area contributed by atoms with Crippen LogP contribution in [-0.2, 0) is 4.79 Å². The third-order valence-corrected chi connectivity index (χ3v) is 7.18. The zero-order valence-electron chi connectivity index (χ0n) is 22.6. The van der Waals surface area contributed by atoms with E-state index in [1.54, 1.807) is 30.3 Å². The molecule has 1 atom stereocenters. The van der Waals surface area contributed by atoms with Crippen LogP contribution in [0.3, 0.4) is 0 Å². The van der Waals surface area contributed by atoms with Crippen LogP contribution in [0.15, 0.2) is 63.7 Å². The van der Waals surface area contributed by atoms with Crippen LogP contribution >= 0.6 is 0 Å². The predicted molar refractivity (Wildman–Crippen MR) is 147 cm³/mol. The zero-order chi connectivity index (χ0) is 28.8. The van der Waals surface area contributed by atoms with Crippen LogP contribution in [0.5, 0.6) is 34.5 Å². The van der Waals surface area contributed by atoms with Gasteiger partial charge in [-0.25, -0.2) is 0 Å².